The molecular formula is C14H22N2O4S. The van der Waals surface area contributed by atoms with Crippen LogP contribution in [0.2, 0.25) is 0 Å². The summed E-state index contributed by atoms with van der Waals surface area (Å²) >= 11 is 0. The molecule has 2 N–H and O–H groups in total. The first kappa shape index (κ1) is 15.9. The molecule has 2 rings (SSSR count). The molecule has 0 spiro atoms. The van der Waals surface area contributed by atoms with Crippen LogP contribution in [0, 0.1) is 0 Å². The fraction of sp³-hybridized carbons (Fsp3) is 0.571. The van der Waals surface area contributed by atoms with E-state index in [0.29, 0.717) is 12.3 Å². The van der Waals surface area contributed by atoms with Crippen LogP contribution in [-0.2, 0) is 10.0 Å². The Hall–Kier alpha value is -1.47. The highest BCUT2D eigenvalue weighted by Crippen LogP contribution is 2.37. The van der Waals surface area contributed by atoms with E-state index in [0.717, 1.165) is 19.3 Å². The van der Waals surface area contributed by atoms with Crippen LogP contribution in [0.25, 0.3) is 0 Å². The van der Waals surface area contributed by atoms with Gasteiger partial charge in [0, 0.05) is 18.7 Å². The number of ether oxygens (including phenoxy) is 2. The van der Waals surface area contributed by atoms with Crippen LogP contribution >= 0.6 is 0 Å². The van der Waals surface area contributed by atoms with E-state index in [9.17, 15) is 8.42 Å². The molecule has 6 nitrogen and oxygen atoms in total. The molecule has 0 bridgehead atoms. The molecule has 21 heavy (non-hydrogen) atoms. The summed E-state index contributed by atoms with van der Waals surface area (Å²) in [5.74, 6) is 0.655. The van der Waals surface area contributed by atoms with Crippen molar-refractivity contribution in [1.82, 2.24) is 4.31 Å². The van der Waals surface area contributed by atoms with Crippen molar-refractivity contribution in [2.24, 2.45) is 0 Å². The lowest BCUT2D eigenvalue weighted by atomic mass is 10.2. The zero-order chi connectivity index (χ0) is 15.6. The van der Waals surface area contributed by atoms with Gasteiger partial charge in [-0.3, -0.25) is 0 Å². The van der Waals surface area contributed by atoms with Crippen LogP contribution in [0.1, 0.15) is 26.2 Å². The quantitative estimate of drug-likeness (QED) is 0.839. The Morgan fingerprint density at radius 1 is 1.29 bits per heavy atom. The maximum Gasteiger partial charge on any atom is 0.247 e. The van der Waals surface area contributed by atoms with Gasteiger partial charge in [-0.1, -0.05) is 6.92 Å². The molecule has 0 aromatic heterocycles. The molecule has 1 fully saturated rings. The summed E-state index contributed by atoms with van der Waals surface area (Å²) in [6, 6.07) is 2.97. The van der Waals surface area contributed by atoms with E-state index in [1.54, 1.807) is 4.31 Å². The number of nitrogen functional groups attached to an aromatic ring is 1. The molecule has 1 aromatic rings. The fourth-order valence-electron chi connectivity index (χ4n) is 2.75. The SMILES string of the molecule is CCC1CCCN1S(=O)(=O)c1cc(N)c(OC)cc1OC. The van der Waals surface area contributed by atoms with Gasteiger partial charge in [-0.05, 0) is 25.3 Å². The van der Waals surface area contributed by atoms with Gasteiger partial charge in [0.05, 0.1) is 19.9 Å². The first-order valence-electron chi connectivity index (χ1n) is 6.99. The van der Waals surface area contributed by atoms with Crippen molar-refractivity contribution in [3.63, 3.8) is 0 Å². The maximum atomic E-state index is 12.9. The first-order chi connectivity index (χ1) is 9.95. The van der Waals surface area contributed by atoms with Gasteiger partial charge in [0.15, 0.2) is 0 Å². The Labute approximate surface area is 125 Å². The van der Waals surface area contributed by atoms with Crippen molar-refractivity contribution in [3.8, 4) is 11.5 Å². The number of hydrogen-bond acceptors (Lipinski definition) is 5. The Morgan fingerprint density at radius 3 is 2.52 bits per heavy atom. The largest absolute Gasteiger partial charge is 0.495 e. The summed E-state index contributed by atoms with van der Waals surface area (Å²) in [6.45, 7) is 2.54. The van der Waals surface area contributed by atoms with E-state index in [4.69, 9.17) is 15.2 Å². The molecular weight excluding hydrogens is 292 g/mol. The molecule has 1 unspecified atom stereocenters. The smallest absolute Gasteiger partial charge is 0.247 e. The van der Waals surface area contributed by atoms with Crippen LogP contribution in [0.3, 0.4) is 0 Å². The molecule has 1 atom stereocenters. The van der Waals surface area contributed by atoms with E-state index in [1.165, 1.54) is 26.4 Å². The van der Waals surface area contributed by atoms with Crippen LogP contribution in [0.15, 0.2) is 17.0 Å². The van der Waals surface area contributed by atoms with Gasteiger partial charge in [-0.15, -0.1) is 0 Å². The monoisotopic (exact) mass is 314 g/mol. The van der Waals surface area contributed by atoms with E-state index in [1.807, 2.05) is 6.92 Å². The minimum Gasteiger partial charge on any atom is -0.495 e. The molecule has 0 amide bonds. The molecule has 1 heterocycles. The highest BCUT2D eigenvalue weighted by atomic mass is 32.2. The van der Waals surface area contributed by atoms with Crippen LogP contribution < -0.4 is 15.2 Å². The second-order valence-electron chi connectivity index (χ2n) is 5.07. The van der Waals surface area contributed by atoms with Gasteiger partial charge in [-0.2, -0.15) is 4.31 Å². The summed E-state index contributed by atoms with van der Waals surface area (Å²) in [4.78, 5) is 0.101. The number of nitrogens with zero attached hydrogens (tertiary/aromatic N) is 1. The van der Waals surface area contributed by atoms with Crippen molar-refractivity contribution < 1.29 is 17.9 Å². The third-order valence-corrected chi connectivity index (χ3v) is 5.87. The van der Waals surface area contributed by atoms with Crippen molar-refractivity contribution in [3.05, 3.63) is 12.1 Å². The molecule has 0 saturated carbocycles. The number of sulfonamides is 1. The van der Waals surface area contributed by atoms with Crippen LogP contribution in [0.5, 0.6) is 11.5 Å². The van der Waals surface area contributed by atoms with E-state index in [2.05, 4.69) is 0 Å². The molecule has 1 aromatic carbocycles. The number of rotatable bonds is 5. The van der Waals surface area contributed by atoms with E-state index >= 15 is 0 Å². The van der Waals surface area contributed by atoms with Gasteiger partial charge < -0.3 is 15.2 Å². The first-order valence-corrected chi connectivity index (χ1v) is 8.43. The van der Waals surface area contributed by atoms with Crippen molar-refractivity contribution in [2.45, 2.75) is 37.1 Å². The van der Waals surface area contributed by atoms with E-state index < -0.39 is 10.0 Å². The summed E-state index contributed by atoms with van der Waals surface area (Å²) in [7, 11) is -0.703. The second kappa shape index (κ2) is 6.11. The zero-order valence-corrected chi connectivity index (χ0v) is 13.4. The van der Waals surface area contributed by atoms with Gasteiger partial charge in [0.2, 0.25) is 10.0 Å². The Bertz CT molecular complexity index is 616. The van der Waals surface area contributed by atoms with Crippen molar-refractivity contribution >= 4 is 15.7 Å². The van der Waals surface area contributed by atoms with Gasteiger partial charge in [0.1, 0.15) is 16.4 Å². The molecule has 7 heteroatoms. The van der Waals surface area contributed by atoms with Gasteiger partial charge >= 0.3 is 0 Å². The number of benzene rings is 1. The Morgan fingerprint density at radius 2 is 1.95 bits per heavy atom. The van der Waals surface area contributed by atoms with Gasteiger partial charge in [0.25, 0.3) is 0 Å². The predicted molar refractivity (Wildman–Crippen MR) is 81.2 cm³/mol. The lowest BCUT2D eigenvalue weighted by Gasteiger charge is -2.24. The van der Waals surface area contributed by atoms with Crippen molar-refractivity contribution in [1.29, 1.82) is 0 Å². The topological polar surface area (TPSA) is 81.9 Å². The second-order valence-corrected chi connectivity index (χ2v) is 6.92. The van der Waals surface area contributed by atoms with Gasteiger partial charge in [-0.25, -0.2) is 8.42 Å². The fourth-order valence-corrected chi connectivity index (χ4v) is 4.70. The summed E-state index contributed by atoms with van der Waals surface area (Å²) in [5.41, 5.74) is 6.14. The number of nitrogens with two attached hydrogens (primary N) is 1. The predicted octanol–water partition coefficient (Wildman–Crippen LogP) is 1.85. The van der Waals surface area contributed by atoms with Crippen LogP contribution in [-0.4, -0.2) is 39.5 Å². The highest BCUT2D eigenvalue weighted by molar-refractivity contribution is 7.89. The minimum absolute atomic E-state index is 0.0445. The molecule has 1 aliphatic rings. The Kier molecular flexibility index (Phi) is 4.63. The average Bonchev–Trinajstić information content (AvgIpc) is 2.96. The highest BCUT2D eigenvalue weighted by Gasteiger charge is 2.36. The normalized spacial score (nSPS) is 19.7. The van der Waals surface area contributed by atoms with Crippen molar-refractivity contribution in [2.75, 3.05) is 26.5 Å². The number of methoxy groups -OCH3 is 2. The third kappa shape index (κ3) is 2.80. The maximum absolute atomic E-state index is 12.9. The summed E-state index contributed by atoms with van der Waals surface area (Å²) in [5, 5.41) is 0. The lowest BCUT2D eigenvalue weighted by Crippen LogP contribution is -2.35. The summed E-state index contributed by atoms with van der Waals surface area (Å²) < 4.78 is 37.6. The standard InChI is InChI=1S/C14H22N2O4S/c1-4-10-6-5-7-16(10)21(17,18)14-8-11(15)12(19-2)9-13(14)20-3/h8-10H,4-7,15H2,1-3H3. The molecule has 1 aliphatic heterocycles. The molecule has 1 saturated heterocycles. The van der Waals surface area contributed by atoms with E-state index in [-0.39, 0.29) is 22.4 Å². The zero-order valence-electron chi connectivity index (χ0n) is 12.6. The Balaban J connectivity index is 2.51. The van der Waals surface area contributed by atoms with Crippen LogP contribution in [0.4, 0.5) is 5.69 Å². The lowest BCUT2D eigenvalue weighted by molar-refractivity contribution is 0.367. The summed E-state index contributed by atoms with van der Waals surface area (Å²) in [6.07, 6.45) is 2.57. The molecule has 0 radical (unpaired) electrons. The average molecular weight is 314 g/mol. The molecule has 118 valence electrons. The third-order valence-electron chi connectivity index (χ3n) is 3.90. The number of anilines is 1. The minimum atomic E-state index is -3.62. The number of hydrogen-bond donors (Lipinski definition) is 1. The molecule has 0 aliphatic carbocycles.